The highest BCUT2D eigenvalue weighted by Crippen LogP contribution is 2.43. The molecule has 0 bridgehead atoms. The summed E-state index contributed by atoms with van der Waals surface area (Å²) in [5.74, 6) is -0.846. The summed E-state index contributed by atoms with van der Waals surface area (Å²) in [5.41, 5.74) is 5.34. The van der Waals surface area contributed by atoms with Gasteiger partial charge in [0.2, 0.25) is 0 Å². The molecule has 0 aromatic rings. The Morgan fingerprint density at radius 3 is 1.49 bits per heavy atom. The van der Waals surface area contributed by atoms with Gasteiger partial charge in [-0.05, 0) is 70.6 Å². The molecule has 3 N–H and O–H groups in total. The number of nitrogens with two attached hydrogens (primary N) is 1. The molecule has 0 saturated carbocycles. The first-order valence-corrected chi connectivity index (χ1v) is 23.0. The number of phosphoric ester groups is 1. The lowest BCUT2D eigenvalue weighted by molar-refractivity contribution is -0.161. The van der Waals surface area contributed by atoms with E-state index in [4.69, 9.17) is 24.3 Å². The highest BCUT2D eigenvalue weighted by molar-refractivity contribution is 7.47. The highest BCUT2D eigenvalue weighted by atomic mass is 31.2. The predicted octanol–water partition coefficient (Wildman–Crippen LogP) is 12.2. The number of unbranched alkanes of at least 4 members (excludes halogenated alkanes) is 21. The maximum atomic E-state index is 12.6. The van der Waals surface area contributed by atoms with Crippen molar-refractivity contribution in [2.24, 2.45) is 5.73 Å². The SMILES string of the molecule is CCCCC/C=C\C/C=C\CCCCCCCCCC(=O)OC(COC(=O)CCCCCCC/C=C\CCCCCCCC)COP(=O)(O)OCCN. The van der Waals surface area contributed by atoms with Crippen LogP contribution in [0, 0.1) is 0 Å². The second-order valence-electron chi connectivity index (χ2n) is 14.2. The van der Waals surface area contributed by atoms with E-state index in [0.29, 0.717) is 6.42 Å². The first kappa shape index (κ1) is 51.2. The Hall–Kier alpha value is -1.77. The maximum Gasteiger partial charge on any atom is 0.472 e. The summed E-state index contributed by atoms with van der Waals surface area (Å²) in [5, 5.41) is 0. The van der Waals surface area contributed by atoms with Crippen molar-refractivity contribution < 1.29 is 37.6 Å². The Morgan fingerprint density at radius 1 is 0.566 bits per heavy atom. The molecule has 0 aliphatic rings. The second-order valence-corrected chi connectivity index (χ2v) is 15.7. The van der Waals surface area contributed by atoms with Gasteiger partial charge < -0.3 is 20.1 Å². The van der Waals surface area contributed by atoms with Crippen LogP contribution in [0.4, 0.5) is 0 Å². The lowest BCUT2D eigenvalue weighted by atomic mass is 10.1. The van der Waals surface area contributed by atoms with E-state index >= 15 is 0 Å². The molecule has 0 spiro atoms. The Morgan fingerprint density at radius 2 is 0.981 bits per heavy atom. The van der Waals surface area contributed by atoms with Crippen molar-refractivity contribution in [3.05, 3.63) is 36.5 Å². The van der Waals surface area contributed by atoms with Gasteiger partial charge in [0, 0.05) is 19.4 Å². The fraction of sp³-hybridized carbons (Fsp3) is 0.814. The summed E-state index contributed by atoms with van der Waals surface area (Å²) in [7, 11) is -4.38. The van der Waals surface area contributed by atoms with Gasteiger partial charge in [-0.25, -0.2) is 4.57 Å². The average molecular weight is 770 g/mol. The topological polar surface area (TPSA) is 134 Å². The number of rotatable bonds is 40. The van der Waals surface area contributed by atoms with Crippen LogP contribution >= 0.6 is 7.82 Å². The lowest BCUT2D eigenvalue weighted by Crippen LogP contribution is -2.29. The number of phosphoric acid groups is 1. The van der Waals surface area contributed by atoms with Crippen LogP contribution in [0.5, 0.6) is 0 Å². The number of hydrogen-bond acceptors (Lipinski definition) is 8. The van der Waals surface area contributed by atoms with Gasteiger partial charge in [-0.15, -0.1) is 0 Å². The zero-order valence-electron chi connectivity index (χ0n) is 34.0. The normalized spacial score (nSPS) is 13.7. The van der Waals surface area contributed by atoms with Gasteiger partial charge in [0.25, 0.3) is 0 Å². The van der Waals surface area contributed by atoms with Crippen LogP contribution in [-0.2, 0) is 32.7 Å². The molecule has 0 aromatic heterocycles. The molecule has 0 amide bonds. The van der Waals surface area contributed by atoms with Crippen LogP contribution in [0.15, 0.2) is 36.5 Å². The third-order valence-corrected chi connectivity index (χ3v) is 9.98. The Bertz CT molecular complexity index is 970. The number of allylic oxidation sites excluding steroid dienone is 6. The van der Waals surface area contributed by atoms with Crippen LogP contribution < -0.4 is 5.73 Å². The largest absolute Gasteiger partial charge is 0.472 e. The molecule has 0 radical (unpaired) electrons. The van der Waals surface area contributed by atoms with Gasteiger partial charge in [-0.3, -0.25) is 18.6 Å². The molecular weight excluding hydrogens is 689 g/mol. The molecule has 10 heteroatoms. The minimum atomic E-state index is -4.38. The quantitative estimate of drug-likeness (QED) is 0.0270. The zero-order chi connectivity index (χ0) is 38.9. The summed E-state index contributed by atoms with van der Waals surface area (Å²) >= 11 is 0. The Balaban J connectivity index is 4.18. The molecule has 0 fully saturated rings. The van der Waals surface area contributed by atoms with Gasteiger partial charge in [0.15, 0.2) is 6.10 Å². The minimum absolute atomic E-state index is 0.0506. The van der Waals surface area contributed by atoms with E-state index in [0.717, 1.165) is 70.6 Å². The number of carbonyl (C=O) groups excluding carboxylic acids is 2. The predicted molar refractivity (Wildman–Crippen MR) is 220 cm³/mol. The molecule has 0 rings (SSSR count). The summed E-state index contributed by atoms with van der Waals surface area (Å²) in [4.78, 5) is 34.8. The average Bonchev–Trinajstić information content (AvgIpc) is 3.14. The number of carbonyl (C=O) groups is 2. The second kappa shape index (κ2) is 39.9. The Labute approximate surface area is 324 Å². The minimum Gasteiger partial charge on any atom is -0.462 e. The molecule has 0 heterocycles. The molecule has 0 saturated heterocycles. The molecule has 310 valence electrons. The van der Waals surface area contributed by atoms with Crippen molar-refractivity contribution in [1.82, 2.24) is 0 Å². The van der Waals surface area contributed by atoms with Gasteiger partial charge in [-0.1, -0.05) is 147 Å². The third kappa shape index (κ3) is 39.7. The molecule has 2 unspecified atom stereocenters. The molecule has 53 heavy (non-hydrogen) atoms. The molecule has 0 aliphatic heterocycles. The fourth-order valence-electron chi connectivity index (χ4n) is 5.78. The Kier molecular flexibility index (Phi) is 38.6. The number of ether oxygens (including phenoxy) is 2. The van der Waals surface area contributed by atoms with Gasteiger partial charge in [0.05, 0.1) is 13.2 Å². The standard InChI is InChI=1S/C43H80NO8P/c1-3-5-7-9-11-13-15-17-19-20-22-24-26-28-30-32-34-36-43(46)52-41(40-51-53(47,48)50-38-37-44)39-49-42(45)35-33-31-29-27-25-23-21-18-16-14-12-10-8-6-4-2/h11,13,17-19,21,41H,3-10,12,14-16,20,22-40,44H2,1-2H3,(H,47,48)/b13-11-,19-17-,21-18-. The summed E-state index contributed by atoms with van der Waals surface area (Å²) in [6, 6.07) is 0. The van der Waals surface area contributed by atoms with E-state index in [2.05, 4.69) is 50.3 Å². The van der Waals surface area contributed by atoms with E-state index in [1.165, 1.54) is 89.9 Å². The van der Waals surface area contributed by atoms with Gasteiger partial charge in [0.1, 0.15) is 6.61 Å². The first-order chi connectivity index (χ1) is 25.8. The van der Waals surface area contributed by atoms with Gasteiger partial charge in [-0.2, -0.15) is 0 Å². The molecular formula is C43H80NO8P. The van der Waals surface area contributed by atoms with E-state index in [-0.39, 0.29) is 32.6 Å². The third-order valence-electron chi connectivity index (χ3n) is 9.00. The van der Waals surface area contributed by atoms with Crippen LogP contribution in [0.25, 0.3) is 0 Å². The van der Waals surface area contributed by atoms with E-state index < -0.39 is 32.5 Å². The maximum absolute atomic E-state index is 12.6. The van der Waals surface area contributed by atoms with Crippen LogP contribution in [0.2, 0.25) is 0 Å². The van der Waals surface area contributed by atoms with Crippen molar-refractivity contribution in [2.45, 2.75) is 200 Å². The van der Waals surface area contributed by atoms with E-state index in [1.807, 2.05) is 0 Å². The van der Waals surface area contributed by atoms with Crippen molar-refractivity contribution >= 4 is 19.8 Å². The summed E-state index contributed by atoms with van der Waals surface area (Å²) < 4.78 is 32.7. The number of esters is 2. The van der Waals surface area contributed by atoms with Gasteiger partial charge >= 0.3 is 19.8 Å². The highest BCUT2D eigenvalue weighted by Gasteiger charge is 2.26. The van der Waals surface area contributed by atoms with Crippen LogP contribution in [-0.4, -0.2) is 49.3 Å². The molecule has 0 aliphatic carbocycles. The molecule has 2 atom stereocenters. The number of hydrogen-bond donors (Lipinski definition) is 2. The molecule has 9 nitrogen and oxygen atoms in total. The summed E-state index contributed by atoms with van der Waals surface area (Å²) in [6.07, 6.45) is 43.1. The van der Waals surface area contributed by atoms with Crippen molar-refractivity contribution in [3.8, 4) is 0 Å². The van der Waals surface area contributed by atoms with Crippen molar-refractivity contribution in [2.75, 3.05) is 26.4 Å². The molecule has 0 aromatic carbocycles. The lowest BCUT2D eigenvalue weighted by Gasteiger charge is -2.19. The van der Waals surface area contributed by atoms with Crippen molar-refractivity contribution in [1.29, 1.82) is 0 Å². The van der Waals surface area contributed by atoms with E-state index in [9.17, 15) is 19.0 Å². The zero-order valence-corrected chi connectivity index (χ0v) is 34.9. The van der Waals surface area contributed by atoms with Crippen LogP contribution in [0.3, 0.4) is 0 Å². The van der Waals surface area contributed by atoms with Crippen LogP contribution in [0.1, 0.15) is 194 Å². The monoisotopic (exact) mass is 770 g/mol. The van der Waals surface area contributed by atoms with Crippen molar-refractivity contribution in [3.63, 3.8) is 0 Å². The van der Waals surface area contributed by atoms with E-state index in [1.54, 1.807) is 0 Å². The smallest absolute Gasteiger partial charge is 0.462 e. The first-order valence-electron chi connectivity index (χ1n) is 21.5. The fourth-order valence-corrected chi connectivity index (χ4v) is 6.54. The summed E-state index contributed by atoms with van der Waals surface area (Å²) in [6.45, 7) is 3.69.